The van der Waals surface area contributed by atoms with Gasteiger partial charge in [-0.15, -0.1) is 0 Å². The molecular weight excluding hydrogens is 328 g/mol. The van der Waals surface area contributed by atoms with Crippen LogP contribution in [0, 0.1) is 17.2 Å². The average Bonchev–Trinajstić information content (AvgIpc) is 2.59. The first-order valence-electron chi connectivity index (χ1n) is 7.91. The molecule has 1 amide bonds. The lowest BCUT2D eigenvalue weighted by atomic mass is 9.99. The molecule has 8 heteroatoms. The summed E-state index contributed by atoms with van der Waals surface area (Å²) in [6.45, 7) is 1.36. The monoisotopic (exact) mass is 350 g/mol. The molecule has 24 heavy (non-hydrogen) atoms. The van der Waals surface area contributed by atoms with Crippen LogP contribution in [0.4, 0.5) is 0 Å². The molecular formula is C16H22N4O3S. The van der Waals surface area contributed by atoms with Crippen LogP contribution in [-0.4, -0.2) is 44.8 Å². The van der Waals surface area contributed by atoms with Crippen molar-refractivity contribution in [3.8, 4) is 6.07 Å². The maximum Gasteiger partial charge on any atom is 0.224 e. The molecule has 0 saturated carbocycles. The van der Waals surface area contributed by atoms with Gasteiger partial charge >= 0.3 is 0 Å². The van der Waals surface area contributed by atoms with Crippen LogP contribution in [0.3, 0.4) is 0 Å². The van der Waals surface area contributed by atoms with Crippen molar-refractivity contribution in [2.24, 2.45) is 11.7 Å². The molecule has 2 rings (SSSR count). The number of rotatable bonds is 6. The highest BCUT2D eigenvalue weighted by atomic mass is 32.2. The Morgan fingerprint density at radius 3 is 2.96 bits per heavy atom. The summed E-state index contributed by atoms with van der Waals surface area (Å²) in [6.07, 6.45) is 1.32. The lowest BCUT2D eigenvalue weighted by molar-refractivity contribution is -0.126. The van der Waals surface area contributed by atoms with E-state index in [2.05, 4.69) is 5.32 Å². The third kappa shape index (κ3) is 4.77. The third-order valence-corrected chi connectivity index (χ3v) is 5.81. The average molecular weight is 350 g/mol. The number of amides is 1. The van der Waals surface area contributed by atoms with Crippen molar-refractivity contribution in [3.63, 3.8) is 0 Å². The van der Waals surface area contributed by atoms with Gasteiger partial charge in [0.1, 0.15) is 0 Å². The Bertz CT molecular complexity index is 727. The highest BCUT2D eigenvalue weighted by molar-refractivity contribution is 7.88. The Morgan fingerprint density at radius 1 is 1.46 bits per heavy atom. The summed E-state index contributed by atoms with van der Waals surface area (Å²) in [7, 11) is -3.53. The first kappa shape index (κ1) is 18.4. The molecule has 1 unspecified atom stereocenters. The van der Waals surface area contributed by atoms with Gasteiger partial charge < -0.3 is 11.1 Å². The van der Waals surface area contributed by atoms with Gasteiger partial charge in [0.15, 0.2) is 0 Å². The number of nitrogens with zero attached hydrogens (tertiary/aromatic N) is 2. The van der Waals surface area contributed by atoms with Crippen LogP contribution in [0.2, 0.25) is 0 Å². The predicted octanol–water partition coefficient (Wildman–Crippen LogP) is 0.175. The van der Waals surface area contributed by atoms with Crippen molar-refractivity contribution in [2.75, 3.05) is 26.2 Å². The molecule has 0 spiro atoms. The van der Waals surface area contributed by atoms with Gasteiger partial charge in [-0.3, -0.25) is 4.79 Å². The molecule has 1 aliphatic heterocycles. The first-order valence-corrected chi connectivity index (χ1v) is 9.52. The molecule has 1 aromatic carbocycles. The number of carbonyl (C=O) groups is 1. The molecule has 3 N–H and O–H groups in total. The van der Waals surface area contributed by atoms with E-state index in [4.69, 9.17) is 11.0 Å². The Labute approximate surface area is 142 Å². The Balaban J connectivity index is 2.05. The molecule has 7 nitrogen and oxygen atoms in total. The van der Waals surface area contributed by atoms with E-state index in [9.17, 15) is 13.2 Å². The maximum absolute atomic E-state index is 12.6. The van der Waals surface area contributed by atoms with Crippen LogP contribution >= 0.6 is 0 Å². The van der Waals surface area contributed by atoms with Gasteiger partial charge in [0.05, 0.1) is 23.3 Å². The summed E-state index contributed by atoms with van der Waals surface area (Å²) in [5.41, 5.74) is 6.37. The SMILES string of the molecule is N#Cc1cccc(CS(=O)(=O)N2CCCC(C(=O)NCCN)C2)c1. The van der Waals surface area contributed by atoms with Crippen LogP contribution in [-0.2, 0) is 20.6 Å². The van der Waals surface area contributed by atoms with Crippen LogP contribution in [0.15, 0.2) is 24.3 Å². The zero-order valence-corrected chi connectivity index (χ0v) is 14.3. The zero-order valence-electron chi connectivity index (χ0n) is 13.4. The fourth-order valence-electron chi connectivity index (χ4n) is 2.78. The van der Waals surface area contributed by atoms with E-state index >= 15 is 0 Å². The number of benzene rings is 1. The molecule has 0 radical (unpaired) electrons. The minimum absolute atomic E-state index is 0.146. The maximum atomic E-state index is 12.6. The number of nitriles is 1. The van der Waals surface area contributed by atoms with Crippen molar-refractivity contribution >= 4 is 15.9 Å². The predicted molar refractivity (Wildman–Crippen MR) is 90.1 cm³/mol. The smallest absolute Gasteiger partial charge is 0.224 e. The van der Waals surface area contributed by atoms with Crippen LogP contribution in [0.1, 0.15) is 24.0 Å². The summed E-state index contributed by atoms with van der Waals surface area (Å²) in [5, 5.41) is 11.6. The molecule has 1 fully saturated rings. The van der Waals surface area contributed by atoms with Gasteiger partial charge in [0, 0.05) is 26.2 Å². The van der Waals surface area contributed by atoms with Gasteiger partial charge in [-0.05, 0) is 30.5 Å². The number of piperidine rings is 1. The van der Waals surface area contributed by atoms with Crippen molar-refractivity contribution in [1.29, 1.82) is 5.26 Å². The molecule has 1 saturated heterocycles. The first-order chi connectivity index (χ1) is 11.5. The molecule has 0 aliphatic carbocycles. The fraction of sp³-hybridized carbons (Fsp3) is 0.500. The molecule has 130 valence electrons. The second kappa shape index (κ2) is 8.24. The Hall–Kier alpha value is -1.95. The minimum atomic E-state index is -3.53. The highest BCUT2D eigenvalue weighted by Crippen LogP contribution is 2.22. The van der Waals surface area contributed by atoms with E-state index in [-0.39, 0.29) is 24.1 Å². The summed E-state index contributed by atoms with van der Waals surface area (Å²) in [6, 6.07) is 8.57. The quantitative estimate of drug-likeness (QED) is 0.759. The number of nitrogens with one attached hydrogen (secondary N) is 1. The standard InChI is InChI=1S/C16H22N4O3S/c17-6-7-19-16(21)15-5-2-8-20(11-15)24(22,23)12-14-4-1-3-13(9-14)10-18/h1,3-4,9,15H,2,5-8,11-12,17H2,(H,19,21). The van der Waals surface area contributed by atoms with E-state index in [0.29, 0.717) is 43.6 Å². The summed E-state index contributed by atoms with van der Waals surface area (Å²) >= 11 is 0. The molecule has 1 atom stereocenters. The summed E-state index contributed by atoms with van der Waals surface area (Å²) < 4.78 is 26.6. The van der Waals surface area contributed by atoms with Crippen molar-refractivity contribution < 1.29 is 13.2 Å². The second-order valence-electron chi connectivity index (χ2n) is 5.85. The van der Waals surface area contributed by atoms with Crippen molar-refractivity contribution in [3.05, 3.63) is 35.4 Å². The Kier molecular flexibility index (Phi) is 6.31. The lowest BCUT2D eigenvalue weighted by Gasteiger charge is -2.31. The third-order valence-electron chi connectivity index (χ3n) is 4.00. The number of sulfonamides is 1. The van der Waals surface area contributed by atoms with Crippen LogP contribution < -0.4 is 11.1 Å². The van der Waals surface area contributed by atoms with Gasteiger partial charge in [-0.2, -0.15) is 5.26 Å². The Morgan fingerprint density at radius 2 is 2.25 bits per heavy atom. The van der Waals surface area contributed by atoms with Gasteiger partial charge in [0.2, 0.25) is 15.9 Å². The van der Waals surface area contributed by atoms with Gasteiger partial charge in [-0.1, -0.05) is 12.1 Å². The minimum Gasteiger partial charge on any atom is -0.355 e. The molecule has 1 aromatic rings. The topological polar surface area (TPSA) is 116 Å². The normalized spacial score (nSPS) is 18.8. The lowest BCUT2D eigenvalue weighted by Crippen LogP contribution is -2.46. The highest BCUT2D eigenvalue weighted by Gasteiger charge is 2.32. The van der Waals surface area contributed by atoms with E-state index in [1.807, 2.05) is 6.07 Å². The molecule has 1 aliphatic rings. The number of carbonyl (C=O) groups excluding carboxylic acids is 1. The van der Waals surface area contributed by atoms with E-state index in [0.717, 1.165) is 0 Å². The molecule has 0 aromatic heterocycles. The molecule has 1 heterocycles. The molecule has 0 bridgehead atoms. The van der Waals surface area contributed by atoms with Gasteiger partial charge in [-0.25, -0.2) is 12.7 Å². The summed E-state index contributed by atoms with van der Waals surface area (Å²) in [5.74, 6) is -0.656. The number of hydrogen-bond acceptors (Lipinski definition) is 5. The number of nitrogens with two attached hydrogens (primary N) is 1. The summed E-state index contributed by atoms with van der Waals surface area (Å²) in [4.78, 5) is 12.0. The van der Waals surface area contributed by atoms with E-state index in [1.54, 1.807) is 24.3 Å². The number of hydrogen-bond donors (Lipinski definition) is 2. The van der Waals surface area contributed by atoms with Gasteiger partial charge in [0.25, 0.3) is 0 Å². The second-order valence-corrected chi connectivity index (χ2v) is 7.81. The van der Waals surface area contributed by atoms with Crippen LogP contribution in [0.25, 0.3) is 0 Å². The zero-order chi connectivity index (χ0) is 17.6. The fourth-order valence-corrected chi connectivity index (χ4v) is 4.38. The van der Waals surface area contributed by atoms with E-state index in [1.165, 1.54) is 4.31 Å². The largest absolute Gasteiger partial charge is 0.355 e. The van der Waals surface area contributed by atoms with Crippen molar-refractivity contribution in [2.45, 2.75) is 18.6 Å². The van der Waals surface area contributed by atoms with E-state index < -0.39 is 10.0 Å². The van der Waals surface area contributed by atoms with Crippen molar-refractivity contribution in [1.82, 2.24) is 9.62 Å². The van der Waals surface area contributed by atoms with Crippen LogP contribution in [0.5, 0.6) is 0 Å².